The monoisotopic (exact) mass is 582 g/mol. The molecule has 0 saturated heterocycles. The van der Waals surface area contributed by atoms with Gasteiger partial charge in [0.1, 0.15) is 11.4 Å². The molecule has 0 fully saturated rings. The number of ether oxygens (including phenoxy) is 3. The van der Waals surface area contributed by atoms with Gasteiger partial charge in [-0.3, -0.25) is 0 Å². The second-order valence-corrected chi connectivity index (χ2v) is 11.7. The summed E-state index contributed by atoms with van der Waals surface area (Å²) in [4.78, 5) is 25.4. The molecule has 0 atom stereocenters. The van der Waals surface area contributed by atoms with E-state index < -0.39 is 11.7 Å². The van der Waals surface area contributed by atoms with E-state index in [1.165, 1.54) is 17.7 Å². The molecule has 0 aliphatic heterocycles. The summed E-state index contributed by atoms with van der Waals surface area (Å²) in [7, 11) is 0. The van der Waals surface area contributed by atoms with Crippen molar-refractivity contribution in [3.05, 3.63) is 65.5 Å². The number of carbonyl (C=O) groups excluding carboxylic acids is 1. The molecule has 0 unspecified atom stereocenters. The summed E-state index contributed by atoms with van der Waals surface area (Å²) in [6.45, 7) is 14.8. The molecule has 0 radical (unpaired) electrons. The summed E-state index contributed by atoms with van der Waals surface area (Å²) in [6, 6.07) is 14.5. The SMILES string of the molecule is CC(C)(C)OC(=O)NCCOCCOCCNc1nc(NCc2ccc(F)cc2)nc(-c2ccc(C(C)(C)C)cc2)n1. The van der Waals surface area contributed by atoms with Gasteiger partial charge < -0.3 is 30.2 Å². The average Bonchev–Trinajstić information content (AvgIpc) is 2.92. The van der Waals surface area contributed by atoms with Crippen LogP contribution in [-0.2, 0) is 26.2 Å². The lowest BCUT2D eigenvalue weighted by molar-refractivity contribution is 0.0415. The normalized spacial score (nSPS) is 11.7. The van der Waals surface area contributed by atoms with E-state index in [2.05, 4.69) is 63.8 Å². The molecule has 1 heterocycles. The third-order valence-corrected chi connectivity index (χ3v) is 5.82. The molecule has 0 bridgehead atoms. The number of alkyl carbamates (subject to hydrolysis) is 1. The van der Waals surface area contributed by atoms with Crippen molar-refractivity contribution in [3.63, 3.8) is 0 Å². The molecule has 1 aromatic heterocycles. The highest BCUT2D eigenvalue weighted by Gasteiger charge is 2.16. The van der Waals surface area contributed by atoms with E-state index in [-0.39, 0.29) is 11.2 Å². The molecule has 2 aromatic carbocycles. The Morgan fingerprint density at radius 3 is 1.95 bits per heavy atom. The minimum Gasteiger partial charge on any atom is -0.444 e. The lowest BCUT2D eigenvalue weighted by atomic mass is 9.87. The van der Waals surface area contributed by atoms with Gasteiger partial charge in [0.2, 0.25) is 11.9 Å². The summed E-state index contributed by atoms with van der Waals surface area (Å²) >= 11 is 0. The molecule has 0 aliphatic rings. The molecule has 11 heteroatoms. The minimum atomic E-state index is -0.532. The lowest BCUT2D eigenvalue weighted by Crippen LogP contribution is -2.34. The van der Waals surface area contributed by atoms with Crippen molar-refractivity contribution in [2.45, 2.75) is 59.1 Å². The first-order chi connectivity index (χ1) is 19.9. The molecule has 1 amide bonds. The molecule has 228 valence electrons. The van der Waals surface area contributed by atoms with Crippen LogP contribution in [0.1, 0.15) is 52.7 Å². The van der Waals surface area contributed by atoms with Gasteiger partial charge in [-0.25, -0.2) is 9.18 Å². The number of hydrogen-bond donors (Lipinski definition) is 3. The van der Waals surface area contributed by atoms with Crippen LogP contribution in [0.3, 0.4) is 0 Å². The number of nitrogens with one attached hydrogen (secondary N) is 3. The summed E-state index contributed by atoms with van der Waals surface area (Å²) < 4.78 is 29.6. The predicted molar refractivity (Wildman–Crippen MR) is 162 cm³/mol. The van der Waals surface area contributed by atoms with Gasteiger partial charge in [0.25, 0.3) is 0 Å². The van der Waals surface area contributed by atoms with Gasteiger partial charge >= 0.3 is 6.09 Å². The zero-order valence-corrected chi connectivity index (χ0v) is 25.4. The zero-order chi connectivity index (χ0) is 30.6. The van der Waals surface area contributed by atoms with Crippen LogP contribution in [0.4, 0.5) is 21.1 Å². The highest BCUT2D eigenvalue weighted by Crippen LogP contribution is 2.25. The van der Waals surface area contributed by atoms with Crippen LogP contribution >= 0.6 is 0 Å². The highest BCUT2D eigenvalue weighted by atomic mass is 19.1. The van der Waals surface area contributed by atoms with Crippen molar-refractivity contribution in [2.24, 2.45) is 0 Å². The van der Waals surface area contributed by atoms with Gasteiger partial charge in [-0.05, 0) is 49.4 Å². The Morgan fingerprint density at radius 1 is 0.762 bits per heavy atom. The Balaban J connectivity index is 1.50. The van der Waals surface area contributed by atoms with E-state index in [9.17, 15) is 9.18 Å². The molecule has 3 N–H and O–H groups in total. The van der Waals surface area contributed by atoms with Crippen LogP contribution in [-0.4, -0.2) is 66.2 Å². The molecule has 3 aromatic rings. The number of hydrogen-bond acceptors (Lipinski definition) is 9. The Labute approximate surface area is 247 Å². The maximum absolute atomic E-state index is 13.3. The Kier molecular flexibility index (Phi) is 12.0. The number of halogens is 1. The van der Waals surface area contributed by atoms with Crippen molar-refractivity contribution in [1.29, 1.82) is 0 Å². The number of aromatic nitrogens is 3. The number of nitrogens with zero attached hydrogens (tertiary/aromatic N) is 3. The van der Waals surface area contributed by atoms with E-state index >= 15 is 0 Å². The minimum absolute atomic E-state index is 0.0359. The van der Waals surface area contributed by atoms with E-state index in [4.69, 9.17) is 14.2 Å². The van der Waals surface area contributed by atoms with Gasteiger partial charge in [-0.2, -0.15) is 15.0 Å². The molecular weight excluding hydrogens is 539 g/mol. The molecule has 3 rings (SSSR count). The van der Waals surface area contributed by atoms with Crippen molar-refractivity contribution >= 4 is 18.0 Å². The van der Waals surface area contributed by atoms with Crippen LogP contribution in [0.5, 0.6) is 0 Å². The lowest BCUT2D eigenvalue weighted by Gasteiger charge is -2.19. The van der Waals surface area contributed by atoms with Crippen LogP contribution in [0.15, 0.2) is 48.5 Å². The standard InChI is InChI=1S/C31H43FN6O4/c1-30(2,3)24-11-9-23(10-12-24)26-36-27(38-28(37-26)35-21-22-7-13-25(32)14-8-22)33-15-17-40-19-20-41-18-16-34-29(39)42-31(4,5)6/h7-14H,15-21H2,1-6H3,(H,34,39)(H2,33,35,36,37,38). The van der Waals surface area contributed by atoms with Crippen LogP contribution in [0.2, 0.25) is 0 Å². The van der Waals surface area contributed by atoms with Gasteiger partial charge in [0.05, 0.1) is 26.4 Å². The predicted octanol–water partition coefficient (Wildman–Crippen LogP) is 5.56. The molecule has 0 saturated carbocycles. The Hall–Kier alpha value is -3.83. The number of rotatable bonds is 14. The second kappa shape index (κ2) is 15.4. The van der Waals surface area contributed by atoms with Gasteiger partial charge in [0, 0.05) is 25.2 Å². The van der Waals surface area contributed by atoms with E-state index in [1.54, 1.807) is 12.1 Å². The first-order valence-electron chi connectivity index (χ1n) is 14.1. The van der Waals surface area contributed by atoms with Crippen LogP contribution in [0.25, 0.3) is 11.4 Å². The third kappa shape index (κ3) is 12.0. The average molecular weight is 583 g/mol. The third-order valence-electron chi connectivity index (χ3n) is 5.82. The first kappa shape index (κ1) is 32.7. The smallest absolute Gasteiger partial charge is 0.407 e. The topological polar surface area (TPSA) is 120 Å². The van der Waals surface area contributed by atoms with Gasteiger partial charge in [-0.1, -0.05) is 57.2 Å². The number of anilines is 2. The molecule has 0 spiro atoms. The first-order valence-corrected chi connectivity index (χ1v) is 14.1. The summed E-state index contributed by atoms with van der Waals surface area (Å²) in [6.07, 6.45) is -0.467. The van der Waals surface area contributed by atoms with E-state index in [0.29, 0.717) is 63.8 Å². The van der Waals surface area contributed by atoms with Crippen LogP contribution in [0, 0.1) is 5.82 Å². The largest absolute Gasteiger partial charge is 0.444 e. The second-order valence-electron chi connectivity index (χ2n) is 11.7. The quantitative estimate of drug-likeness (QED) is 0.210. The molecule has 0 aliphatic carbocycles. The summed E-state index contributed by atoms with van der Waals surface area (Å²) in [5.74, 6) is 1.06. The summed E-state index contributed by atoms with van der Waals surface area (Å²) in [5, 5.41) is 9.06. The van der Waals surface area contributed by atoms with Crippen LogP contribution < -0.4 is 16.0 Å². The number of benzene rings is 2. The fourth-order valence-electron chi connectivity index (χ4n) is 3.66. The van der Waals surface area contributed by atoms with E-state index in [0.717, 1.165) is 11.1 Å². The Morgan fingerprint density at radius 2 is 1.36 bits per heavy atom. The highest BCUT2D eigenvalue weighted by molar-refractivity contribution is 5.67. The zero-order valence-electron chi connectivity index (χ0n) is 25.4. The Bertz CT molecular complexity index is 1260. The van der Waals surface area contributed by atoms with Crippen molar-refractivity contribution < 1.29 is 23.4 Å². The fourth-order valence-corrected chi connectivity index (χ4v) is 3.66. The number of carbonyl (C=O) groups is 1. The number of amides is 1. The van der Waals surface area contributed by atoms with Gasteiger partial charge in [-0.15, -0.1) is 0 Å². The molecular formula is C31H43FN6O4. The molecule has 10 nitrogen and oxygen atoms in total. The van der Waals surface area contributed by atoms with Crippen molar-refractivity contribution in [3.8, 4) is 11.4 Å². The van der Waals surface area contributed by atoms with Crippen molar-refractivity contribution in [1.82, 2.24) is 20.3 Å². The summed E-state index contributed by atoms with van der Waals surface area (Å²) in [5.41, 5.74) is 2.49. The maximum Gasteiger partial charge on any atom is 0.407 e. The van der Waals surface area contributed by atoms with Crippen molar-refractivity contribution in [2.75, 3.05) is 50.2 Å². The fraction of sp³-hybridized carbons (Fsp3) is 0.484. The molecule has 42 heavy (non-hydrogen) atoms. The maximum atomic E-state index is 13.3. The van der Waals surface area contributed by atoms with Gasteiger partial charge in [0.15, 0.2) is 5.82 Å². The van der Waals surface area contributed by atoms with E-state index in [1.807, 2.05) is 32.9 Å².